The maximum Gasteiger partial charge on any atom is 0.330 e. The van der Waals surface area contributed by atoms with Crippen LogP contribution in [0.3, 0.4) is 0 Å². The SMILES string of the molecule is CCOC(=O)/C=C/C1=C(Cl)c2ccccc2OCC1. The average molecular weight is 279 g/mol. The molecule has 0 N–H and O–H groups in total. The van der Waals surface area contributed by atoms with Crippen molar-refractivity contribution in [2.24, 2.45) is 0 Å². The zero-order valence-electron chi connectivity index (χ0n) is 10.7. The summed E-state index contributed by atoms with van der Waals surface area (Å²) in [5.74, 6) is 0.407. The minimum absolute atomic E-state index is 0.363. The number of esters is 1. The number of benzene rings is 1. The highest BCUT2D eigenvalue weighted by molar-refractivity contribution is 6.49. The topological polar surface area (TPSA) is 35.5 Å². The van der Waals surface area contributed by atoms with Crippen molar-refractivity contribution in [1.82, 2.24) is 0 Å². The van der Waals surface area contributed by atoms with Crippen LogP contribution in [0.25, 0.3) is 5.03 Å². The molecule has 0 radical (unpaired) electrons. The van der Waals surface area contributed by atoms with E-state index in [0.717, 1.165) is 16.9 Å². The van der Waals surface area contributed by atoms with Crippen LogP contribution in [0.5, 0.6) is 5.75 Å². The van der Waals surface area contributed by atoms with Crippen LogP contribution in [0, 0.1) is 0 Å². The van der Waals surface area contributed by atoms with Crippen molar-refractivity contribution in [1.29, 1.82) is 0 Å². The standard InChI is InChI=1S/C15H15ClO3/c1-2-18-14(17)8-7-11-9-10-19-13-6-4-3-5-12(13)15(11)16/h3-8H,2,9-10H2,1H3/b8-7+. The Morgan fingerprint density at radius 3 is 3.05 bits per heavy atom. The number of hydrogen-bond acceptors (Lipinski definition) is 3. The average Bonchev–Trinajstić information content (AvgIpc) is 2.57. The van der Waals surface area contributed by atoms with Gasteiger partial charge < -0.3 is 9.47 Å². The van der Waals surface area contributed by atoms with E-state index in [1.54, 1.807) is 13.0 Å². The lowest BCUT2D eigenvalue weighted by Gasteiger charge is -2.05. The van der Waals surface area contributed by atoms with Gasteiger partial charge in [0.1, 0.15) is 5.75 Å². The van der Waals surface area contributed by atoms with Crippen molar-refractivity contribution in [2.45, 2.75) is 13.3 Å². The summed E-state index contributed by atoms with van der Waals surface area (Å²) in [5, 5.41) is 0.619. The molecule has 0 saturated carbocycles. The Morgan fingerprint density at radius 1 is 1.47 bits per heavy atom. The van der Waals surface area contributed by atoms with Gasteiger partial charge in [-0.2, -0.15) is 0 Å². The Morgan fingerprint density at radius 2 is 2.26 bits per heavy atom. The Hall–Kier alpha value is -1.74. The first-order chi connectivity index (χ1) is 9.22. The van der Waals surface area contributed by atoms with Gasteiger partial charge >= 0.3 is 5.97 Å². The third-order valence-electron chi connectivity index (χ3n) is 2.74. The number of hydrogen-bond donors (Lipinski definition) is 0. The number of halogens is 1. The Labute approximate surface area is 117 Å². The lowest BCUT2D eigenvalue weighted by molar-refractivity contribution is -0.137. The normalized spacial score (nSPS) is 14.8. The van der Waals surface area contributed by atoms with Gasteiger partial charge in [-0.15, -0.1) is 0 Å². The van der Waals surface area contributed by atoms with Crippen molar-refractivity contribution in [3.05, 3.63) is 47.6 Å². The summed E-state index contributed by atoms with van der Waals surface area (Å²) in [6.45, 7) is 2.67. The molecule has 0 atom stereocenters. The van der Waals surface area contributed by atoms with Crippen molar-refractivity contribution in [2.75, 3.05) is 13.2 Å². The first-order valence-corrected chi connectivity index (χ1v) is 6.56. The molecule has 0 aromatic heterocycles. The maximum atomic E-state index is 11.3. The number of fused-ring (bicyclic) bond motifs is 1. The van der Waals surface area contributed by atoms with Gasteiger partial charge in [0, 0.05) is 18.1 Å². The zero-order chi connectivity index (χ0) is 13.7. The van der Waals surface area contributed by atoms with Gasteiger partial charge in [0.25, 0.3) is 0 Å². The third-order valence-corrected chi connectivity index (χ3v) is 3.19. The predicted octanol–water partition coefficient (Wildman–Crippen LogP) is 3.54. The van der Waals surface area contributed by atoms with Crippen LogP contribution in [0.2, 0.25) is 0 Å². The van der Waals surface area contributed by atoms with Gasteiger partial charge in [0.2, 0.25) is 0 Å². The number of para-hydroxylation sites is 1. The Balaban J connectivity index is 2.27. The highest BCUT2D eigenvalue weighted by Gasteiger charge is 2.14. The number of carbonyl (C=O) groups excluding carboxylic acids is 1. The van der Waals surface area contributed by atoms with Gasteiger partial charge in [-0.1, -0.05) is 29.8 Å². The van der Waals surface area contributed by atoms with Gasteiger partial charge in [-0.05, 0) is 24.6 Å². The summed E-state index contributed by atoms with van der Waals surface area (Å²) in [6.07, 6.45) is 3.75. The monoisotopic (exact) mass is 278 g/mol. The van der Waals surface area contributed by atoms with Gasteiger partial charge in [-0.25, -0.2) is 4.79 Å². The summed E-state index contributed by atoms with van der Waals surface area (Å²) in [6, 6.07) is 7.60. The third kappa shape index (κ3) is 3.38. The van der Waals surface area contributed by atoms with Crippen LogP contribution >= 0.6 is 11.6 Å². The summed E-state index contributed by atoms with van der Waals surface area (Å²) >= 11 is 6.37. The Bertz CT molecular complexity index is 532. The lowest BCUT2D eigenvalue weighted by atomic mass is 10.1. The van der Waals surface area contributed by atoms with Crippen LogP contribution in [-0.4, -0.2) is 19.2 Å². The van der Waals surface area contributed by atoms with E-state index in [-0.39, 0.29) is 5.97 Å². The largest absolute Gasteiger partial charge is 0.493 e. The molecule has 1 heterocycles. The van der Waals surface area contributed by atoms with Crippen LogP contribution in [0.15, 0.2) is 42.0 Å². The molecular formula is C15H15ClO3. The Kier molecular flexibility index (Phi) is 4.63. The predicted molar refractivity (Wildman–Crippen MR) is 75.1 cm³/mol. The molecule has 3 nitrogen and oxygen atoms in total. The van der Waals surface area contributed by atoms with Gasteiger partial charge in [-0.3, -0.25) is 0 Å². The molecule has 0 saturated heterocycles. The lowest BCUT2D eigenvalue weighted by Crippen LogP contribution is -2.00. The van der Waals surface area contributed by atoms with Gasteiger partial charge in [0.05, 0.1) is 18.2 Å². The second-order valence-electron chi connectivity index (χ2n) is 4.02. The summed E-state index contributed by atoms with van der Waals surface area (Å²) < 4.78 is 10.5. The molecule has 100 valence electrons. The fraction of sp³-hybridized carbons (Fsp3) is 0.267. The fourth-order valence-corrected chi connectivity index (χ4v) is 2.16. The summed E-state index contributed by atoms with van der Waals surface area (Å²) in [5.41, 5.74) is 1.73. The van der Waals surface area contributed by atoms with Crippen LogP contribution in [-0.2, 0) is 9.53 Å². The van der Waals surface area contributed by atoms with Crippen molar-refractivity contribution in [3.63, 3.8) is 0 Å². The first kappa shape index (κ1) is 13.7. The molecule has 1 aliphatic heterocycles. The molecule has 1 aromatic carbocycles. The maximum absolute atomic E-state index is 11.3. The molecule has 19 heavy (non-hydrogen) atoms. The van der Waals surface area contributed by atoms with E-state index in [1.807, 2.05) is 24.3 Å². The van der Waals surface area contributed by atoms with Crippen molar-refractivity contribution >= 4 is 22.6 Å². The van der Waals surface area contributed by atoms with E-state index in [2.05, 4.69) is 0 Å². The van der Waals surface area contributed by atoms with Crippen LogP contribution in [0.1, 0.15) is 18.9 Å². The molecule has 4 heteroatoms. The first-order valence-electron chi connectivity index (χ1n) is 6.18. The molecule has 0 aliphatic carbocycles. The van der Waals surface area contributed by atoms with Crippen molar-refractivity contribution < 1.29 is 14.3 Å². The van der Waals surface area contributed by atoms with E-state index < -0.39 is 0 Å². The van der Waals surface area contributed by atoms with E-state index in [0.29, 0.717) is 24.7 Å². The number of rotatable bonds is 3. The summed E-state index contributed by atoms with van der Waals surface area (Å²) in [7, 11) is 0. The number of allylic oxidation sites excluding steroid dienone is 1. The van der Waals surface area contributed by atoms with E-state index in [1.165, 1.54) is 6.08 Å². The molecule has 0 fully saturated rings. The summed E-state index contributed by atoms with van der Waals surface area (Å²) in [4.78, 5) is 11.3. The smallest absolute Gasteiger partial charge is 0.330 e. The highest BCUT2D eigenvalue weighted by atomic mass is 35.5. The molecule has 1 aliphatic rings. The van der Waals surface area contributed by atoms with E-state index in [4.69, 9.17) is 21.1 Å². The van der Waals surface area contributed by atoms with Gasteiger partial charge in [0.15, 0.2) is 0 Å². The van der Waals surface area contributed by atoms with Crippen LogP contribution < -0.4 is 4.74 Å². The quantitative estimate of drug-likeness (QED) is 0.627. The molecule has 0 bridgehead atoms. The molecule has 1 aromatic rings. The minimum Gasteiger partial charge on any atom is -0.493 e. The van der Waals surface area contributed by atoms with E-state index >= 15 is 0 Å². The second kappa shape index (κ2) is 6.43. The minimum atomic E-state index is -0.363. The number of carbonyl (C=O) groups is 1. The molecule has 0 spiro atoms. The van der Waals surface area contributed by atoms with E-state index in [9.17, 15) is 4.79 Å². The van der Waals surface area contributed by atoms with Crippen molar-refractivity contribution in [3.8, 4) is 5.75 Å². The second-order valence-corrected chi connectivity index (χ2v) is 4.40. The highest BCUT2D eigenvalue weighted by Crippen LogP contribution is 2.35. The fourth-order valence-electron chi connectivity index (χ4n) is 1.84. The van der Waals surface area contributed by atoms with Crippen LogP contribution in [0.4, 0.5) is 0 Å². The zero-order valence-corrected chi connectivity index (χ0v) is 11.4. The number of ether oxygens (including phenoxy) is 2. The molecule has 0 unspecified atom stereocenters. The molecule has 0 amide bonds. The molecule has 2 rings (SSSR count). The molecular weight excluding hydrogens is 264 g/mol.